The van der Waals surface area contributed by atoms with E-state index >= 15 is 0 Å². The van der Waals surface area contributed by atoms with Crippen molar-refractivity contribution in [2.75, 3.05) is 4.72 Å². The highest BCUT2D eigenvalue weighted by atomic mass is 79.9. The highest BCUT2D eigenvalue weighted by Gasteiger charge is 2.19. The third kappa shape index (κ3) is 3.39. The Kier molecular flexibility index (Phi) is 4.39. The van der Waals surface area contributed by atoms with E-state index in [-0.39, 0.29) is 0 Å². The molecule has 7 heteroatoms. The van der Waals surface area contributed by atoms with Crippen LogP contribution in [0.25, 0.3) is 0 Å². The van der Waals surface area contributed by atoms with E-state index < -0.39 is 10.0 Å². The fourth-order valence-electron chi connectivity index (χ4n) is 1.46. The molecule has 1 heterocycles. The molecule has 0 aliphatic rings. The Morgan fingerprint density at radius 2 is 1.79 bits per heavy atom. The van der Waals surface area contributed by atoms with Crippen LogP contribution in [-0.2, 0) is 10.0 Å². The number of hydrogen-bond donors (Lipinski definition) is 1. The van der Waals surface area contributed by atoms with Crippen LogP contribution in [0.3, 0.4) is 0 Å². The quantitative estimate of drug-likeness (QED) is 0.776. The van der Waals surface area contributed by atoms with Crippen LogP contribution >= 0.6 is 43.2 Å². The predicted molar refractivity (Wildman–Crippen MR) is 86.4 cm³/mol. The van der Waals surface area contributed by atoms with E-state index in [0.717, 1.165) is 19.4 Å². The Bertz CT molecular complexity index is 704. The predicted octanol–water partition coefficient (Wildman–Crippen LogP) is 4.69. The molecule has 19 heavy (non-hydrogen) atoms. The van der Waals surface area contributed by atoms with Crippen molar-refractivity contribution in [2.24, 2.45) is 0 Å². The molecule has 0 unspecified atom stereocenters. The van der Waals surface area contributed by atoms with Crippen molar-refractivity contribution in [2.45, 2.75) is 18.1 Å². The van der Waals surface area contributed by atoms with Crippen molar-refractivity contribution < 1.29 is 8.42 Å². The summed E-state index contributed by atoms with van der Waals surface area (Å²) in [5, 5.41) is 0. The number of anilines is 1. The van der Waals surface area contributed by atoms with Crippen LogP contribution in [0.5, 0.6) is 0 Å². The first-order chi connectivity index (χ1) is 8.79. The third-order valence-electron chi connectivity index (χ3n) is 2.54. The number of rotatable bonds is 3. The van der Waals surface area contributed by atoms with E-state index in [1.807, 2.05) is 26.0 Å². The zero-order chi connectivity index (χ0) is 14.2. The molecule has 0 aliphatic heterocycles. The van der Waals surface area contributed by atoms with Gasteiger partial charge < -0.3 is 0 Å². The Hall–Kier alpha value is -0.370. The van der Waals surface area contributed by atoms with Gasteiger partial charge in [-0.25, -0.2) is 8.42 Å². The van der Waals surface area contributed by atoms with Gasteiger partial charge in [-0.2, -0.15) is 0 Å². The number of halogens is 2. The summed E-state index contributed by atoms with van der Waals surface area (Å²) < 4.78 is 29.2. The standard InChI is InChI=1S/C12H11Br2NO2S2/c1-7-3-4-9(13)6-10(7)15-19(16,17)11-5-8(2)12(14)18-11/h3-6,15H,1-2H3. The van der Waals surface area contributed by atoms with Crippen molar-refractivity contribution in [1.82, 2.24) is 0 Å². The van der Waals surface area contributed by atoms with Crippen LogP contribution in [0.15, 0.2) is 36.7 Å². The van der Waals surface area contributed by atoms with Crippen LogP contribution in [0, 0.1) is 13.8 Å². The largest absolute Gasteiger partial charge is 0.279 e. The Labute approximate surface area is 133 Å². The SMILES string of the molecule is Cc1ccc(Br)cc1NS(=O)(=O)c1cc(C)c(Br)s1. The average Bonchev–Trinajstić information content (AvgIpc) is 2.65. The van der Waals surface area contributed by atoms with Gasteiger partial charge in [-0.3, -0.25) is 4.72 Å². The molecule has 3 nitrogen and oxygen atoms in total. The van der Waals surface area contributed by atoms with Crippen LogP contribution < -0.4 is 4.72 Å². The molecular weight excluding hydrogens is 414 g/mol. The smallest absolute Gasteiger partial charge is 0.271 e. The summed E-state index contributed by atoms with van der Waals surface area (Å²) >= 11 is 7.88. The first-order valence-corrected chi connectivity index (χ1v) is 9.23. The van der Waals surface area contributed by atoms with Crippen molar-refractivity contribution >= 4 is 58.9 Å². The van der Waals surface area contributed by atoms with E-state index in [1.54, 1.807) is 12.1 Å². The van der Waals surface area contributed by atoms with Crippen molar-refractivity contribution in [1.29, 1.82) is 0 Å². The first kappa shape index (κ1) is 15.0. The third-order valence-corrected chi connectivity index (χ3v) is 7.01. The number of sulfonamides is 1. The number of nitrogens with one attached hydrogen (secondary N) is 1. The Morgan fingerprint density at radius 1 is 1.11 bits per heavy atom. The molecule has 0 spiro atoms. The minimum atomic E-state index is -3.54. The summed E-state index contributed by atoms with van der Waals surface area (Å²) in [5.74, 6) is 0. The summed E-state index contributed by atoms with van der Waals surface area (Å²) in [6.07, 6.45) is 0. The van der Waals surface area contributed by atoms with Gasteiger partial charge in [0.15, 0.2) is 0 Å². The van der Waals surface area contributed by atoms with E-state index in [9.17, 15) is 8.42 Å². The summed E-state index contributed by atoms with van der Waals surface area (Å²) in [5.41, 5.74) is 2.37. The second-order valence-corrected chi connectivity index (χ2v) is 9.28. The van der Waals surface area contributed by atoms with Gasteiger partial charge >= 0.3 is 0 Å². The minimum absolute atomic E-state index is 0.302. The average molecular weight is 425 g/mol. The summed E-state index contributed by atoms with van der Waals surface area (Å²) in [6, 6.07) is 7.14. The van der Waals surface area contributed by atoms with Crippen LogP contribution in [0.2, 0.25) is 0 Å². The Morgan fingerprint density at radius 3 is 2.37 bits per heavy atom. The normalized spacial score (nSPS) is 11.6. The maximum atomic E-state index is 12.3. The maximum Gasteiger partial charge on any atom is 0.271 e. The molecule has 0 atom stereocenters. The molecule has 0 saturated heterocycles. The Balaban J connectivity index is 2.39. The van der Waals surface area contributed by atoms with E-state index in [2.05, 4.69) is 36.6 Å². The topological polar surface area (TPSA) is 46.2 Å². The number of benzene rings is 1. The second kappa shape index (κ2) is 5.55. The highest BCUT2D eigenvalue weighted by Crippen LogP contribution is 2.32. The lowest BCUT2D eigenvalue weighted by atomic mass is 10.2. The fraction of sp³-hybridized carbons (Fsp3) is 0.167. The number of aryl methyl sites for hydroxylation is 2. The molecule has 0 radical (unpaired) electrons. The van der Waals surface area contributed by atoms with Gasteiger partial charge in [-0.05, 0) is 59.1 Å². The van der Waals surface area contributed by atoms with Gasteiger partial charge in [0.2, 0.25) is 0 Å². The molecule has 0 saturated carbocycles. The zero-order valence-corrected chi connectivity index (χ0v) is 15.0. The van der Waals surface area contributed by atoms with Crippen LogP contribution in [0.4, 0.5) is 5.69 Å². The van der Waals surface area contributed by atoms with Gasteiger partial charge in [-0.15, -0.1) is 11.3 Å². The van der Waals surface area contributed by atoms with E-state index in [1.165, 1.54) is 11.3 Å². The lowest BCUT2D eigenvalue weighted by molar-refractivity contribution is 0.603. The molecule has 0 bridgehead atoms. The lowest BCUT2D eigenvalue weighted by Gasteiger charge is -2.09. The van der Waals surface area contributed by atoms with Gasteiger partial charge in [-0.1, -0.05) is 22.0 Å². The molecule has 0 fully saturated rings. The van der Waals surface area contributed by atoms with Crippen LogP contribution in [-0.4, -0.2) is 8.42 Å². The first-order valence-electron chi connectivity index (χ1n) is 5.34. The summed E-state index contributed by atoms with van der Waals surface area (Å²) in [6.45, 7) is 3.73. The highest BCUT2D eigenvalue weighted by molar-refractivity contribution is 9.11. The van der Waals surface area contributed by atoms with Crippen LogP contribution in [0.1, 0.15) is 11.1 Å². The molecule has 1 N–H and O–H groups in total. The fourth-order valence-corrected chi connectivity index (χ4v) is 5.17. The molecular formula is C12H11Br2NO2S2. The van der Waals surface area contributed by atoms with Crippen molar-refractivity contribution in [3.05, 3.63) is 43.7 Å². The van der Waals surface area contributed by atoms with Gasteiger partial charge in [0.05, 0.1) is 9.47 Å². The van der Waals surface area contributed by atoms with E-state index in [4.69, 9.17) is 0 Å². The number of thiophene rings is 1. The monoisotopic (exact) mass is 423 g/mol. The number of hydrogen-bond acceptors (Lipinski definition) is 3. The van der Waals surface area contributed by atoms with Gasteiger partial charge in [0.25, 0.3) is 10.0 Å². The second-order valence-electron chi connectivity index (χ2n) is 4.09. The van der Waals surface area contributed by atoms with E-state index in [0.29, 0.717) is 9.90 Å². The molecule has 1 aromatic heterocycles. The summed E-state index contributed by atoms with van der Waals surface area (Å²) in [7, 11) is -3.54. The van der Waals surface area contributed by atoms with Crippen molar-refractivity contribution in [3.8, 4) is 0 Å². The lowest BCUT2D eigenvalue weighted by Crippen LogP contribution is -2.12. The maximum absolute atomic E-state index is 12.3. The molecule has 102 valence electrons. The van der Waals surface area contributed by atoms with Gasteiger partial charge in [0.1, 0.15) is 4.21 Å². The molecule has 2 aromatic rings. The van der Waals surface area contributed by atoms with Gasteiger partial charge in [0, 0.05) is 4.47 Å². The minimum Gasteiger partial charge on any atom is -0.279 e. The van der Waals surface area contributed by atoms with Crippen molar-refractivity contribution in [3.63, 3.8) is 0 Å². The molecule has 0 amide bonds. The molecule has 0 aliphatic carbocycles. The zero-order valence-electron chi connectivity index (χ0n) is 10.2. The summed E-state index contributed by atoms with van der Waals surface area (Å²) in [4.78, 5) is 0. The molecule has 1 aromatic carbocycles. The molecule has 2 rings (SSSR count).